The molecule has 11 heavy (non-hydrogen) atoms. The first kappa shape index (κ1) is 7.33. The molecule has 0 heterocycles. The first-order valence-electron chi connectivity index (χ1n) is 4.80. The normalized spacial score (nSPS) is 44.1. The van der Waals surface area contributed by atoms with E-state index in [2.05, 4.69) is 6.92 Å². The molecule has 3 atom stereocenters. The Labute approximate surface area is 68.2 Å². The smallest absolute Gasteiger partial charge is 0.135 e. The summed E-state index contributed by atoms with van der Waals surface area (Å²) < 4.78 is 0. The summed E-state index contributed by atoms with van der Waals surface area (Å²) in [6, 6.07) is 0. The van der Waals surface area contributed by atoms with E-state index in [9.17, 15) is 4.79 Å². The molecule has 0 aromatic rings. The van der Waals surface area contributed by atoms with Crippen molar-refractivity contribution in [3.8, 4) is 0 Å². The Balaban J connectivity index is 2.06. The molecule has 0 aromatic heterocycles. The fraction of sp³-hybridized carbons (Fsp3) is 0.900. The molecule has 0 radical (unpaired) electrons. The molecule has 2 rings (SSSR count). The van der Waals surface area contributed by atoms with Crippen molar-refractivity contribution >= 4 is 5.78 Å². The molecule has 0 amide bonds. The number of Topliss-reactive ketones (excluding diaryl/α,β-unsaturated/α-hetero) is 1. The zero-order valence-electron chi connectivity index (χ0n) is 7.18. The van der Waals surface area contributed by atoms with E-state index in [1.54, 1.807) is 0 Å². The highest BCUT2D eigenvalue weighted by Crippen LogP contribution is 2.42. The van der Waals surface area contributed by atoms with Crippen LogP contribution in [0.25, 0.3) is 0 Å². The number of hydrogen-bond acceptors (Lipinski definition) is 1. The van der Waals surface area contributed by atoms with Crippen LogP contribution in [0.15, 0.2) is 0 Å². The van der Waals surface area contributed by atoms with Crippen LogP contribution in [0.4, 0.5) is 0 Å². The molecule has 0 unspecified atom stereocenters. The lowest BCUT2D eigenvalue weighted by atomic mass is 9.76. The molecule has 0 N–H and O–H groups in total. The van der Waals surface area contributed by atoms with E-state index < -0.39 is 0 Å². The van der Waals surface area contributed by atoms with E-state index in [4.69, 9.17) is 0 Å². The Morgan fingerprint density at radius 2 is 2.00 bits per heavy atom. The van der Waals surface area contributed by atoms with E-state index in [0.29, 0.717) is 11.7 Å². The molecular formula is C10H16O. The summed E-state index contributed by atoms with van der Waals surface area (Å²) in [7, 11) is 0. The van der Waals surface area contributed by atoms with Crippen LogP contribution in [0.5, 0.6) is 0 Å². The lowest BCUT2D eigenvalue weighted by molar-refractivity contribution is -0.126. The van der Waals surface area contributed by atoms with Crippen LogP contribution in [-0.4, -0.2) is 5.78 Å². The Hall–Kier alpha value is -0.330. The Morgan fingerprint density at radius 3 is 2.82 bits per heavy atom. The number of carbonyl (C=O) groups excluding carboxylic acids is 1. The van der Waals surface area contributed by atoms with Crippen molar-refractivity contribution in [2.45, 2.75) is 39.0 Å². The van der Waals surface area contributed by atoms with Crippen LogP contribution in [-0.2, 0) is 4.79 Å². The summed E-state index contributed by atoms with van der Waals surface area (Å²) in [4.78, 5) is 11.3. The topological polar surface area (TPSA) is 17.1 Å². The van der Waals surface area contributed by atoms with Crippen LogP contribution in [0.1, 0.15) is 39.0 Å². The van der Waals surface area contributed by atoms with Crippen molar-refractivity contribution in [3.63, 3.8) is 0 Å². The van der Waals surface area contributed by atoms with Gasteiger partial charge >= 0.3 is 0 Å². The van der Waals surface area contributed by atoms with E-state index in [1.165, 1.54) is 25.7 Å². The second kappa shape index (κ2) is 2.62. The maximum Gasteiger partial charge on any atom is 0.135 e. The minimum atomic E-state index is 0.370. The maximum atomic E-state index is 11.3. The second-order valence-corrected chi connectivity index (χ2v) is 4.26. The summed E-state index contributed by atoms with van der Waals surface area (Å²) in [5.74, 6) is 2.57. The van der Waals surface area contributed by atoms with E-state index in [1.807, 2.05) is 0 Å². The molecule has 0 aliphatic heterocycles. The van der Waals surface area contributed by atoms with E-state index >= 15 is 0 Å². The van der Waals surface area contributed by atoms with Crippen molar-refractivity contribution in [2.24, 2.45) is 17.8 Å². The van der Waals surface area contributed by atoms with Gasteiger partial charge in [0.15, 0.2) is 0 Å². The van der Waals surface area contributed by atoms with Gasteiger partial charge in [-0.15, -0.1) is 0 Å². The molecule has 2 saturated carbocycles. The Morgan fingerprint density at radius 1 is 1.27 bits per heavy atom. The quantitative estimate of drug-likeness (QED) is 0.521. The third-order valence-corrected chi connectivity index (χ3v) is 3.49. The van der Waals surface area contributed by atoms with Crippen LogP contribution >= 0.6 is 0 Å². The van der Waals surface area contributed by atoms with Crippen LogP contribution < -0.4 is 0 Å². The lowest BCUT2D eigenvalue weighted by Crippen LogP contribution is -2.27. The van der Waals surface area contributed by atoms with Crippen molar-refractivity contribution < 1.29 is 4.79 Å². The van der Waals surface area contributed by atoms with Gasteiger partial charge in [-0.2, -0.15) is 0 Å². The molecule has 1 heteroatoms. The summed E-state index contributed by atoms with van der Waals surface area (Å²) in [6.07, 6.45) is 6.16. The van der Waals surface area contributed by atoms with Gasteiger partial charge < -0.3 is 0 Å². The average Bonchev–Trinajstić information content (AvgIpc) is 2.36. The zero-order valence-corrected chi connectivity index (χ0v) is 7.18. The highest BCUT2D eigenvalue weighted by atomic mass is 16.1. The van der Waals surface area contributed by atoms with Gasteiger partial charge in [0, 0.05) is 12.3 Å². The van der Waals surface area contributed by atoms with Crippen molar-refractivity contribution in [1.29, 1.82) is 0 Å². The number of carbonyl (C=O) groups is 1. The molecule has 0 spiro atoms. The van der Waals surface area contributed by atoms with Gasteiger partial charge in [-0.05, 0) is 24.7 Å². The summed E-state index contributed by atoms with van der Waals surface area (Å²) in [5.41, 5.74) is 0. The number of rotatable bonds is 0. The van der Waals surface area contributed by atoms with Crippen molar-refractivity contribution in [2.75, 3.05) is 0 Å². The average molecular weight is 152 g/mol. The monoisotopic (exact) mass is 152 g/mol. The maximum absolute atomic E-state index is 11.3. The molecule has 0 saturated heterocycles. The van der Waals surface area contributed by atoms with Gasteiger partial charge in [-0.25, -0.2) is 0 Å². The first-order valence-corrected chi connectivity index (χ1v) is 4.80. The molecule has 2 fully saturated rings. The third-order valence-electron chi connectivity index (χ3n) is 3.49. The fourth-order valence-electron chi connectivity index (χ4n) is 2.74. The Bertz CT molecular complexity index is 174. The summed E-state index contributed by atoms with van der Waals surface area (Å²) in [6.45, 7) is 2.09. The second-order valence-electron chi connectivity index (χ2n) is 4.26. The molecule has 2 aliphatic rings. The summed E-state index contributed by atoms with van der Waals surface area (Å²) in [5, 5.41) is 0. The minimum absolute atomic E-state index is 0.370. The highest BCUT2D eigenvalue weighted by Gasteiger charge is 2.36. The molecule has 2 aliphatic carbocycles. The molecule has 0 bridgehead atoms. The van der Waals surface area contributed by atoms with E-state index in [-0.39, 0.29) is 0 Å². The van der Waals surface area contributed by atoms with Gasteiger partial charge in [-0.3, -0.25) is 4.79 Å². The molecule has 62 valence electrons. The van der Waals surface area contributed by atoms with Gasteiger partial charge in [0.05, 0.1) is 0 Å². The van der Waals surface area contributed by atoms with Crippen LogP contribution in [0.3, 0.4) is 0 Å². The van der Waals surface area contributed by atoms with Gasteiger partial charge in [0.25, 0.3) is 0 Å². The molecule has 1 nitrogen and oxygen atoms in total. The zero-order chi connectivity index (χ0) is 7.84. The Kier molecular flexibility index (Phi) is 1.74. The SMILES string of the molecule is C[C@@H]1C[C@@H]2CCC[C@H]2CC1=O. The third kappa shape index (κ3) is 1.21. The standard InChI is InChI=1S/C10H16O/c1-7-5-8-3-2-4-9(8)6-10(7)11/h7-9H,2-6H2,1H3/t7-,8+,9+/m1/s1. The van der Waals surface area contributed by atoms with Gasteiger partial charge in [-0.1, -0.05) is 19.8 Å². The fourth-order valence-corrected chi connectivity index (χ4v) is 2.74. The first-order chi connectivity index (χ1) is 5.27. The van der Waals surface area contributed by atoms with Crippen molar-refractivity contribution in [1.82, 2.24) is 0 Å². The minimum Gasteiger partial charge on any atom is -0.299 e. The van der Waals surface area contributed by atoms with Gasteiger partial charge in [0.2, 0.25) is 0 Å². The van der Waals surface area contributed by atoms with Crippen LogP contribution in [0, 0.1) is 17.8 Å². The predicted octanol–water partition coefficient (Wildman–Crippen LogP) is 2.40. The van der Waals surface area contributed by atoms with Crippen molar-refractivity contribution in [3.05, 3.63) is 0 Å². The van der Waals surface area contributed by atoms with Crippen LogP contribution in [0.2, 0.25) is 0 Å². The lowest BCUT2D eigenvalue weighted by Gasteiger charge is -2.28. The largest absolute Gasteiger partial charge is 0.299 e. The number of hydrogen-bond donors (Lipinski definition) is 0. The predicted molar refractivity (Wildman–Crippen MR) is 44.2 cm³/mol. The number of fused-ring (bicyclic) bond motifs is 1. The van der Waals surface area contributed by atoms with E-state index in [0.717, 1.165) is 18.3 Å². The van der Waals surface area contributed by atoms with Gasteiger partial charge in [0.1, 0.15) is 5.78 Å². The summed E-state index contributed by atoms with van der Waals surface area (Å²) >= 11 is 0. The highest BCUT2D eigenvalue weighted by molar-refractivity contribution is 5.81. The molecular weight excluding hydrogens is 136 g/mol. The molecule has 0 aromatic carbocycles. The number of ketones is 1.